The molecule has 1 saturated heterocycles. The molecule has 7 heteroatoms. The molecule has 29 heavy (non-hydrogen) atoms. The van der Waals surface area contributed by atoms with E-state index >= 15 is 0 Å². The van der Waals surface area contributed by atoms with Crippen LogP contribution in [0.25, 0.3) is 16.1 Å². The van der Waals surface area contributed by atoms with E-state index in [9.17, 15) is 4.79 Å². The largest absolute Gasteiger partial charge is 0.353 e. The van der Waals surface area contributed by atoms with Crippen LogP contribution in [0, 0.1) is 6.92 Å². The van der Waals surface area contributed by atoms with E-state index in [1.165, 1.54) is 16.9 Å². The molecule has 5 rings (SSSR count). The van der Waals surface area contributed by atoms with Crippen molar-refractivity contribution in [2.45, 2.75) is 19.4 Å². The molecular formula is C22H21N5OS. The first-order valence-corrected chi connectivity index (χ1v) is 10.6. The Morgan fingerprint density at radius 1 is 1.21 bits per heavy atom. The predicted molar refractivity (Wildman–Crippen MR) is 116 cm³/mol. The number of thiazole rings is 1. The van der Waals surface area contributed by atoms with Crippen molar-refractivity contribution >= 4 is 28.6 Å². The highest BCUT2D eigenvalue weighted by molar-refractivity contribution is 7.13. The van der Waals surface area contributed by atoms with Gasteiger partial charge in [0.2, 0.25) is 0 Å². The summed E-state index contributed by atoms with van der Waals surface area (Å²) in [6.07, 6.45) is 6.74. The molecule has 1 atom stereocenters. The molecule has 0 saturated carbocycles. The van der Waals surface area contributed by atoms with Gasteiger partial charge in [0.25, 0.3) is 5.91 Å². The summed E-state index contributed by atoms with van der Waals surface area (Å²) in [5, 5.41) is 5.84. The number of fused-ring (bicyclic) bond motifs is 1. The second-order valence-corrected chi connectivity index (χ2v) is 8.17. The third-order valence-electron chi connectivity index (χ3n) is 5.33. The van der Waals surface area contributed by atoms with Gasteiger partial charge in [0.15, 0.2) is 5.82 Å². The van der Waals surface area contributed by atoms with Crippen molar-refractivity contribution < 1.29 is 4.79 Å². The maximum atomic E-state index is 12.7. The molecule has 1 fully saturated rings. The van der Waals surface area contributed by atoms with Crippen LogP contribution in [-0.2, 0) is 0 Å². The number of nitrogens with one attached hydrogen (secondary N) is 1. The van der Waals surface area contributed by atoms with Crippen LogP contribution in [0.3, 0.4) is 0 Å². The number of carbonyl (C=O) groups is 1. The summed E-state index contributed by atoms with van der Waals surface area (Å²) in [6.45, 7) is 3.72. The highest BCUT2D eigenvalue weighted by Gasteiger charge is 2.27. The first kappa shape index (κ1) is 17.9. The van der Waals surface area contributed by atoms with Gasteiger partial charge in [0.1, 0.15) is 10.7 Å². The van der Waals surface area contributed by atoms with E-state index in [2.05, 4.69) is 43.8 Å². The first-order chi connectivity index (χ1) is 14.2. The molecule has 4 heterocycles. The van der Waals surface area contributed by atoms with Crippen LogP contribution in [0.15, 0.2) is 60.4 Å². The zero-order valence-electron chi connectivity index (χ0n) is 16.1. The van der Waals surface area contributed by atoms with E-state index in [4.69, 9.17) is 0 Å². The average molecular weight is 404 g/mol. The number of rotatable bonds is 4. The molecule has 146 valence electrons. The minimum Gasteiger partial charge on any atom is -0.353 e. The summed E-state index contributed by atoms with van der Waals surface area (Å²) in [4.78, 5) is 24.1. The maximum Gasteiger partial charge on any atom is 0.271 e. The highest BCUT2D eigenvalue weighted by atomic mass is 32.1. The molecule has 1 aliphatic heterocycles. The Balaban J connectivity index is 1.28. The van der Waals surface area contributed by atoms with Crippen LogP contribution in [0.5, 0.6) is 0 Å². The third kappa shape index (κ3) is 3.38. The van der Waals surface area contributed by atoms with Gasteiger partial charge in [-0.3, -0.25) is 4.79 Å². The average Bonchev–Trinajstić information content (AvgIpc) is 3.49. The summed E-state index contributed by atoms with van der Waals surface area (Å²) < 4.78 is 2.10. The summed E-state index contributed by atoms with van der Waals surface area (Å²) >= 11 is 1.50. The number of benzene rings is 1. The number of anilines is 1. The fourth-order valence-corrected chi connectivity index (χ4v) is 4.66. The Hall–Kier alpha value is -3.19. The lowest BCUT2D eigenvalue weighted by atomic mass is 10.2. The molecule has 1 N–H and O–H groups in total. The lowest BCUT2D eigenvalue weighted by Gasteiger charge is -2.19. The fourth-order valence-electron chi connectivity index (χ4n) is 3.85. The van der Waals surface area contributed by atoms with Gasteiger partial charge in [-0.1, -0.05) is 30.3 Å². The van der Waals surface area contributed by atoms with Crippen molar-refractivity contribution in [2.24, 2.45) is 0 Å². The number of aromatic nitrogens is 3. The Kier molecular flexibility index (Phi) is 4.52. The van der Waals surface area contributed by atoms with Crippen molar-refractivity contribution in [2.75, 3.05) is 18.0 Å². The van der Waals surface area contributed by atoms with Crippen molar-refractivity contribution in [3.8, 4) is 10.6 Å². The predicted octanol–water partition coefficient (Wildman–Crippen LogP) is 3.77. The van der Waals surface area contributed by atoms with E-state index < -0.39 is 0 Å². The summed E-state index contributed by atoms with van der Waals surface area (Å²) in [5.41, 5.74) is 3.85. The van der Waals surface area contributed by atoms with Gasteiger partial charge in [-0.25, -0.2) is 9.97 Å². The minimum atomic E-state index is -0.111. The van der Waals surface area contributed by atoms with E-state index in [-0.39, 0.29) is 11.9 Å². The number of aryl methyl sites for hydroxylation is 1. The van der Waals surface area contributed by atoms with E-state index in [0.717, 1.165) is 41.4 Å². The van der Waals surface area contributed by atoms with Crippen molar-refractivity contribution in [3.05, 3.63) is 71.6 Å². The van der Waals surface area contributed by atoms with Crippen LogP contribution < -0.4 is 10.2 Å². The second-order valence-electron chi connectivity index (χ2n) is 7.31. The number of hydrogen-bond donors (Lipinski definition) is 1. The molecule has 4 aromatic rings. The fraction of sp³-hybridized carbons (Fsp3) is 0.227. The molecule has 1 amide bonds. The summed E-state index contributed by atoms with van der Waals surface area (Å²) in [7, 11) is 0. The second kappa shape index (κ2) is 7.33. The van der Waals surface area contributed by atoms with Crippen molar-refractivity contribution in [3.63, 3.8) is 0 Å². The Labute approximate surface area is 172 Å². The molecule has 1 aromatic carbocycles. The molecular weight excluding hydrogens is 382 g/mol. The van der Waals surface area contributed by atoms with E-state index in [0.29, 0.717) is 5.69 Å². The van der Waals surface area contributed by atoms with Crippen LogP contribution in [0.1, 0.15) is 22.5 Å². The topological polar surface area (TPSA) is 62.5 Å². The Bertz CT molecular complexity index is 1170. The van der Waals surface area contributed by atoms with Gasteiger partial charge in [-0.15, -0.1) is 11.3 Å². The lowest BCUT2D eigenvalue weighted by Crippen LogP contribution is -2.37. The monoisotopic (exact) mass is 403 g/mol. The molecule has 1 unspecified atom stereocenters. The zero-order chi connectivity index (χ0) is 19.8. The molecule has 6 nitrogen and oxygen atoms in total. The standard InChI is InChI=1S/C22H21N5OS/c1-15-7-10-26-12-9-23-20(19(15)26)27-11-8-17(13-27)24-21(28)18-14-29-22(25-18)16-5-3-2-4-6-16/h2-7,9-10,12,14,17H,8,11,13H2,1H3,(H,24,28). The molecule has 3 aromatic heterocycles. The smallest absolute Gasteiger partial charge is 0.271 e. The quantitative estimate of drug-likeness (QED) is 0.563. The van der Waals surface area contributed by atoms with Crippen LogP contribution in [0.4, 0.5) is 5.82 Å². The highest BCUT2D eigenvalue weighted by Crippen LogP contribution is 2.27. The summed E-state index contributed by atoms with van der Waals surface area (Å²) in [5.74, 6) is 0.868. The van der Waals surface area contributed by atoms with Crippen molar-refractivity contribution in [1.82, 2.24) is 19.7 Å². The number of nitrogens with zero attached hydrogens (tertiary/aromatic N) is 4. The van der Waals surface area contributed by atoms with Crippen molar-refractivity contribution in [1.29, 1.82) is 0 Å². The van der Waals surface area contributed by atoms with Gasteiger partial charge >= 0.3 is 0 Å². The molecule has 0 bridgehead atoms. The van der Waals surface area contributed by atoms with Gasteiger partial charge < -0.3 is 14.6 Å². The minimum absolute atomic E-state index is 0.0849. The molecule has 0 radical (unpaired) electrons. The SMILES string of the molecule is Cc1ccn2ccnc(N3CCC(NC(=O)c4csc(-c5ccccc5)n4)C3)c12. The van der Waals surface area contributed by atoms with Gasteiger partial charge in [0.05, 0.1) is 5.52 Å². The Morgan fingerprint density at radius 2 is 2.07 bits per heavy atom. The van der Waals surface area contributed by atoms with Gasteiger partial charge in [-0.05, 0) is 25.0 Å². The summed E-state index contributed by atoms with van der Waals surface area (Å²) in [6, 6.07) is 12.1. The number of carbonyl (C=O) groups excluding carboxylic acids is 1. The van der Waals surface area contributed by atoms with Crippen LogP contribution >= 0.6 is 11.3 Å². The maximum absolute atomic E-state index is 12.7. The van der Waals surface area contributed by atoms with Crippen LogP contribution in [-0.4, -0.2) is 39.4 Å². The number of hydrogen-bond acceptors (Lipinski definition) is 5. The molecule has 0 spiro atoms. The van der Waals surface area contributed by atoms with E-state index in [1.54, 1.807) is 0 Å². The van der Waals surface area contributed by atoms with E-state index in [1.807, 2.05) is 48.1 Å². The zero-order valence-corrected chi connectivity index (χ0v) is 16.9. The lowest BCUT2D eigenvalue weighted by molar-refractivity contribution is 0.0936. The van der Waals surface area contributed by atoms with Crippen LogP contribution in [0.2, 0.25) is 0 Å². The Morgan fingerprint density at radius 3 is 2.93 bits per heavy atom. The van der Waals surface area contributed by atoms with Gasteiger partial charge in [0, 0.05) is 48.7 Å². The number of amides is 1. The molecule has 1 aliphatic rings. The first-order valence-electron chi connectivity index (χ1n) is 9.68. The van der Waals surface area contributed by atoms with Gasteiger partial charge in [-0.2, -0.15) is 0 Å². The third-order valence-corrected chi connectivity index (χ3v) is 6.22. The normalized spacial score (nSPS) is 16.4. The molecule has 0 aliphatic carbocycles.